The third kappa shape index (κ3) is 2.22. The Morgan fingerprint density at radius 1 is 1.38 bits per heavy atom. The minimum absolute atomic E-state index is 0.377. The maximum atomic E-state index is 11.1. The number of hydrogen-bond acceptors (Lipinski definition) is 1. The molecule has 1 amide bonds. The lowest BCUT2D eigenvalue weighted by atomic mass is 9.97. The van der Waals surface area contributed by atoms with Crippen LogP contribution < -0.4 is 5.73 Å². The number of hydrogen-bond donors (Lipinski definition) is 1. The first-order valence-corrected chi connectivity index (χ1v) is 5.44. The summed E-state index contributed by atoms with van der Waals surface area (Å²) in [6.07, 6.45) is 8.71. The van der Waals surface area contributed by atoms with Crippen molar-refractivity contribution in [3.8, 4) is 0 Å². The number of amides is 1. The molecule has 0 atom stereocenters. The van der Waals surface area contributed by atoms with E-state index in [2.05, 4.69) is 12.2 Å². The van der Waals surface area contributed by atoms with Crippen molar-refractivity contribution in [1.29, 1.82) is 0 Å². The Kier molecular flexibility index (Phi) is 2.91. The summed E-state index contributed by atoms with van der Waals surface area (Å²) in [5.41, 5.74) is 9.39. The van der Waals surface area contributed by atoms with Crippen LogP contribution in [0.3, 0.4) is 0 Å². The molecule has 1 aromatic carbocycles. The molecule has 0 aliphatic heterocycles. The highest BCUT2D eigenvalue weighted by Crippen LogP contribution is 2.21. The predicted molar refractivity (Wildman–Crippen MR) is 66.0 cm³/mol. The fourth-order valence-corrected chi connectivity index (χ4v) is 1.63. The molecule has 0 bridgehead atoms. The predicted octanol–water partition coefficient (Wildman–Crippen LogP) is 2.83. The molecule has 0 spiro atoms. The quantitative estimate of drug-likeness (QED) is 0.824. The Labute approximate surface area is 95.5 Å². The van der Waals surface area contributed by atoms with Gasteiger partial charge in [0.15, 0.2) is 0 Å². The number of nitrogens with two attached hydrogens (primary N) is 1. The molecule has 2 nitrogen and oxygen atoms in total. The molecular weight excluding hydrogens is 198 g/mol. The molecule has 0 unspecified atom stereocenters. The molecule has 1 aliphatic rings. The van der Waals surface area contributed by atoms with Crippen LogP contribution in [0.25, 0.3) is 6.08 Å². The molecule has 0 saturated carbocycles. The van der Waals surface area contributed by atoms with Gasteiger partial charge in [0.1, 0.15) is 0 Å². The fraction of sp³-hybridized carbons (Fsp3) is 0.214. The first kappa shape index (κ1) is 10.7. The van der Waals surface area contributed by atoms with E-state index in [-0.39, 0.29) is 5.91 Å². The summed E-state index contributed by atoms with van der Waals surface area (Å²) in [5, 5.41) is 0. The van der Waals surface area contributed by atoms with E-state index in [0.29, 0.717) is 5.56 Å². The van der Waals surface area contributed by atoms with Crippen LogP contribution in [0, 0.1) is 6.92 Å². The number of carbonyl (C=O) groups excluding carboxylic acids is 1. The second-order valence-electron chi connectivity index (χ2n) is 4.09. The van der Waals surface area contributed by atoms with Crippen LogP contribution in [-0.2, 0) is 0 Å². The molecule has 1 aromatic rings. The highest BCUT2D eigenvalue weighted by atomic mass is 16.1. The van der Waals surface area contributed by atoms with Gasteiger partial charge in [-0.15, -0.1) is 0 Å². The van der Waals surface area contributed by atoms with Crippen molar-refractivity contribution in [3.05, 3.63) is 52.6 Å². The SMILES string of the molecule is Cc1ccc(C(N)=O)cc1/C=C/C1=CCC1. The maximum Gasteiger partial charge on any atom is 0.248 e. The highest BCUT2D eigenvalue weighted by molar-refractivity contribution is 5.93. The van der Waals surface area contributed by atoms with Crippen molar-refractivity contribution in [2.24, 2.45) is 5.73 Å². The summed E-state index contributed by atoms with van der Waals surface area (Å²) in [6.45, 7) is 2.03. The van der Waals surface area contributed by atoms with Crippen LogP contribution in [0.5, 0.6) is 0 Å². The van der Waals surface area contributed by atoms with E-state index in [1.165, 1.54) is 12.0 Å². The van der Waals surface area contributed by atoms with Gasteiger partial charge in [-0.05, 0) is 43.0 Å². The first-order valence-electron chi connectivity index (χ1n) is 5.44. The normalized spacial score (nSPS) is 14.7. The van der Waals surface area contributed by atoms with E-state index < -0.39 is 0 Å². The average Bonchev–Trinajstić information content (AvgIpc) is 2.18. The maximum absolute atomic E-state index is 11.1. The van der Waals surface area contributed by atoms with Gasteiger partial charge in [-0.1, -0.05) is 29.9 Å². The molecule has 2 rings (SSSR count). The molecule has 82 valence electrons. The van der Waals surface area contributed by atoms with E-state index >= 15 is 0 Å². The summed E-state index contributed by atoms with van der Waals surface area (Å²) >= 11 is 0. The van der Waals surface area contributed by atoms with Crippen LogP contribution in [0.15, 0.2) is 35.9 Å². The molecule has 1 aliphatic carbocycles. The first-order chi connectivity index (χ1) is 7.66. The topological polar surface area (TPSA) is 43.1 Å². The van der Waals surface area contributed by atoms with Crippen molar-refractivity contribution in [1.82, 2.24) is 0 Å². The van der Waals surface area contributed by atoms with Crippen LogP contribution in [0.1, 0.15) is 34.3 Å². The molecule has 0 saturated heterocycles. The van der Waals surface area contributed by atoms with Gasteiger partial charge in [0.25, 0.3) is 0 Å². The largest absolute Gasteiger partial charge is 0.366 e. The van der Waals surface area contributed by atoms with E-state index in [4.69, 9.17) is 5.73 Å². The van der Waals surface area contributed by atoms with E-state index in [9.17, 15) is 4.79 Å². The van der Waals surface area contributed by atoms with Gasteiger partial charge < -0.3 is 5.73 Å². The lowest BCUT2D eigenvalue weighted by Gasteiger charge is -2.09. The zero-order chi connectivity index (χ0) is 11.5. The Hall–Kier alpha value is -1.83. The molecule has 0 radical (unpaired) electrons. The Bertz CT molecular complexity index is 484. The van der Waals surface area contributed by atoms with Crippen molar-refractivity contribution in [2.45, 2.75) is 19.8 Å². The number of primary amides is 1. The summed E-state index contributed by atoms with van der Waals surface area (Å²) in [7, 11) is 0. The van der Waals surface area contributed by atoms with Gasteiger partial charge in [0.2, 0.25) is 5.91 Å². The Morgan fingerprint density at radius 3 is 2.69 bits per heavy atom. The second-order valence-corrected chi connectivity index (χ2v) is 4.09. The number of rotatable bonds is 3. The van der Waals surface area contributed by atoms with Crippen LogP contribution in [0.2, 0.25) is 0 Å². The van der Waals surface area contributed by atoms with Crippen LogP contribution in [-0.4, -0.2) is 5.91 Å². The Morgan fingerprint density at radius 2 is 2.12 bits per heavy atom. The van der Waals surface area contributed by atoms with E-state index in [1.54, 1.807) is 6.07 Å². The number of aryl methyl sites for hydroxylation is 1. The van der Waals surface area contributed by atoms with Gasteiger partial charge in [0.05, 0.1) is 0 Å². The van der Waals surface area contributed by atoms with Crippen molar-refractivity contribution >= 4 is 12.0 Å². The standard InChI is InChI=1S/C14H15NO/c1-10-5-7-13(14(15)16)9-12(10)8-6-11-3-2-4-11/h3,5-9H,2,4H2,1H3,(H2,15,16)/b8-6+. The van der Waals surface area contributed by atoms with Crippen molar-refractivity contribution < 1.29 is 4.79 Å². The molecule has 0 heterocycles. The monoisotopic (exact) mass is 213 g/mol. The third-order valence-corrected chi connectivity index (χ3v) is 2.88. The molecule has 2 heteroatoms. The third-order valence-electron chi connectivity index (χ3n) is 2.88. The lowest BCUT2D eigenvalue weighted by molar-refractivity contribution is 0.100. The van der Waals surface area contributed by atoms with Crippen molar-refractivity contribution in [2.75, 3.05) is 0 Å². The smallest absolute Gasteiger partial charge is 0.248 e. The summed E-state index contributed by atoms with van der Waals surface area (Å²) in [4.78, 5) is 11.1. The number of allylic oxidation sites excluding steroid dienone is 3. The summed E-state index contributed by atoms with van der Waals surface area (Å²) in [5.74, 6) is -0.377. The number of benzene rings is 1. The second kappa shape index (κ2) is 4.35. The molecule has 16 heavy (non-hydrogen) atoms. The minimum atomic E-state index is -0.377. The van der Waals surface area contributed by atoms with Crippen molar-refractivity contribution in [3.63, 3.8) is 0 Å². The summed E-state index contributed by atoms with van der Waals surface area (Å²) in [6, 6.07) is 5.53. The molecule has 0 aromatic heterocycles. The van der Waals surface area contributed by atoms with E-state index in [1.807, 2.05) is 25.1 Å². The average molecular weight is 213 g/mol. The van der Waals surface area contributed by atoms with Gasteiger partial charge >= 0.3 is 0 Å². The number of carbonyl (C=O) groups is 1. The van der Waals surface area contributed by atoms with Crippen LogP contribution >= 0.6 is 0 Å². The molecular formula is C14H15NO. The van der Waals surface area contributed by atoms with E-state index in [0.717, 1.165) is 17.5 Å². The minimum Gasteiger partial charge on any atom is -0.366 e. The zero-order valence-electron chi connectivity index (χ0n) is 9.36. The van der Waals surface area contributed by atoms with Gasteiger partial charge in [-0.2, -0.15) is 0 Å². The molecule has 0 fully saturated rings. The van der Waals surface area contributed by atoms with Gasteiger partial charge in [-0.3, -0.25) is 4.79 Å². The lowest BCUT2D eigenvalue weighted by Crippen LogP contribution is -2.10. The fourth-order valence-electron chi connectivity index (χ4n) is 1.63. The Balaban J connectivity index is 2.28. The van der Waals surface area contributed by atoms with Crippen LogP contribution in [0.4, 0.5) is 0 Å². The van der Waals surface area contributed by atoms with Gasteiger partial charge in [-0.25, -0.2) is 0 Å². The zero-order valence-corrected chi connectivity index (χ0v) is 9.36. The molecule has 2 N–H and O–H groups in total. The highest BCUT2D eigenvalue weighted by Gasteiger charge is 2.04. The van der Waals surface area contributed by atoms with Gasteiger partial charge in [0, 0.05) is 5.56 Å². The summed E-state index contributed by atoms with van der Waals surface area (Å²) < 4.78 is 0.